The van der Waals surface area contributed by atoms with Crippen molar-refractivity contribution in [3.63, 3.8) is 0 Å². The summed E-state index contributed by atoms with van der Waals surface area (Å²) in [5, 5.41) is 9.40. The van der Waals surface area contributed by atoms with Crippen LogP contribution in [0.4, 0.5) is 24.9 Å². The highest BCUT2D eigenvalue weighted by molar-refractivity contribution is 5.87. The molecule has 0 radical (unpaired) electrons. The molecule has 196 valence electrons. The number of alkyl halides is 3. The van der Waals surface area contributed by atoms with Gasteiger partial charge in [-0.25, -0.2) is 15.8 Å². The zero-order chi connectivity index (χ0) is 26.7. The number of piperazine rings is 1. The largest absolute Gasteiger partial charge is 0.416 e. The van der Waals surface area contributed by atoms with Crippen molar-refractivity contribution in [3.05, 3.63) is 53.2 Å². The van der Waals surface area contributed by atoms with Crippen LogP contribution in [0.3, 0.4) is 0 Å². The van der Waals surface area contributed by atoms with Gasteiger partial charge >= 0.3 is 6.18 Å². The van der Waals surface area contributed by atoms with Crippen LogP contribution < -0.4 is 16.2 Å². The molecule has 3 atom stereocenters. The average Bonchev–Trinajstić information content (AvgIpc) is 2.92. The van der Waals surface area contributed by atoms with E-state index in [0.717, 1.165) is 24.8 Å². The standard InChI is InChI=1S/C26H31F3N8/c1-4-19-15-37(24-23-21(33-25(34-24)35-31)12-11-18(13-30)32-23)20(5-2)14-36(19)22(6-3)16-7-9-17(10-8-16)26(27,28)29/h7-12,19-20,22H,4-6,14-15,31H2,1-3H3,(H,33,34,35)/t19-,20+,22?/m1/s1. The smallest absolute Gasteiger partial charge is 0.349 e. The molecule has 0 saturated carbocycles. The molecule has 3 aromatic rings. The maximum atomic E-state index is 13.1. The predicted octanol–water partition coefficient (Wildman–Crippen LogP) is 5.03. The second kappa shape index (κ2) is 10.9. The number of hydrazine groups is 1. The number of nitriles is 1. The topological polar surface area (TPSA) is 107 Å². The van der Waals surface area contributed by atoms with E-state index in [4.69, 9.17) is 5.84 Å². The third kappa shape index (κ3) is 5.31. The molecule has 1 aliphatic rings. The predicted molar refractivity (Wildman–Crippen MR) is 137 cm³/mol. The first-order valence-corrected chi connectivity index (χ1v) is 12.5. The van der Waals surface area contributed by atoms with Crippen LogP contribution in [0.15, 0.2) is 36.4 Å². The minimum Gasteiger partial charge on any atom is -0.349 e. The summed E-state index contributed by atoms with van der Waals surface area (Å²) in [5.41, 5.74) is 4.15. The number of aromatic nitrogens is 3. The summed E-state index contributed by atoms with van der Waals surface area (Å²) in [5.74, 6) is 6.53. The Kier molecular flexibility index (Phi) is 7.80. The van der Waals surface area contributed by atoms with Crippen LogP contribution in [0, 0.1) is 11.3 Å². The van der Waals surface area contributed by atoms with Crippen LogP contribution >= 0.6 is 0 Å². The summed E-state index contributed by atoms with van der Waals surface area (Å²) in [6, 6.07) is 11.1. The van der Waals surface area contributed by atoms with Gasteiger partial charge in [-0.15, -0.1) is 0 Å². The number of nitrogens with one attached hydrogen (secondary N) is 1. The van der Waals surface area contributed by atoms with Crippen LogP contribution in [0.1, 0.15) is 62.9 Å². The molecule has 8 nitrogen and oxygen atoms in total. The van der Waals surface area contributed by atoms with Crippen molar-refractivity contribution in [2.24, 2.45) is 5.84 Å². The van der Waals surface area contributed by atoms with Gasteiger partial charge in [-0.2, -0.15) is 23.4 Å². The highest BCUT2D eigenvalue weighted by atomic mass is 19.4. The molecule has 1 aromatic carbocycles. The number of nitrogens with two attached hydrogens (primary N) is 1. The second-order valence-corrected chi connectivity index (χ2v) is 9.21. The minimum absolute atomic E-state index is 0.0184. The highest BCUT2D eigenvalue weighted by Gasteiger charge is 2.38. The van der Waals surface area contributed by atoms with E-state index in [0.29, 0.717) is 29.9 Å². The van der Waals surface area contributed by atoms with Crippen molar-refractivity contribution in [1.82, 2.24) is 19.9 Å². The third-order valence-electron chi connectivity index (χ3n) is 7.13. The number of anilines is 2. The van der Waals surface area contributed by atoms with Crippen molar-refractivity contribution in [1.29, 1.82) is 5.26 Å². The van der Waals surface area contributed by atoms with E-state index in [9.17, 15) is 18.4 Å². The van der Waals surface area contributed by atoms with E-state index in [-0.39, 0.29) is 29.8 Å². The van der Waals surface area contributed by atoms with Gasteiger partial charge in [0.2, 0.25) is 5.95 Å². The molecule has 2 aromatic heterocycles. The number of nitrogens with zero attached hydrogens (tertiary/aromatic N) is 6. The number of hydrogen-bond acceptors (Lipinski definition) is 8. The van der Waals surface area contributed by atoms with Crippen LogP contribution in [0.25, 0.3) is 11.0 Å². The van der Waals surface area contributed by atoms with Gasteiger partial charge in [0.25, 0.3) is 0 Å². The molecule has 0 bridgehead atoms. The summed E-state index contributed by atoms with van der Waals surface area (Å²) in [6.07, 6.45) is -1.94. The molecular formula is C26H31F3N8. The van der Waals surface area contributed by atoms with Gasteiger partial charge in [0.15, 0.2) is 5.82 Å². The van der Waals surface area contributed by atoms with Crippen molar-refractivity contribution in [3.8, 4) is 6.07 Å². The van der Waals surface area contributed by atoms with Crippen LogP contribution in [0.2, 0.25) is 0 Å². The van der Waals surface area contributed by atoms with Gasteiger partial charge in [-0.3, -0.25) is 10.3 Å². The molecule has 11 heteroatoms. The lowest BCUT2D eigenvalue weighted by Gasteiger charge is -2.49. The summed E-state index contributed by atoms with van der Waals surface area (Å²) in [7, 11) is 0. The van der Waals surface area contributed by atoms with Gasteiger partial charge in [0.1, 0.15) is 17.3 Å². The van der Waals surface area contributed by atoms with Crippen molar-refractivity contribution in [2.45, 2.75) is 64.3 Å². The van der Waals surface area contributed by atoms with E-state index >= 15 is 0 Å². The van der Waals surface area contributed by atoms with E-state index < -0.39 is 11.7 Å². The number of halogens is 3. The molecule has 3 N–H and O–H groups in total. The SMILES string of the molecule is CCC(c1ccc(C(F)(F)F)cc1)N1C[C@H](CC)N(c2nc(NN)nc3ccc(C#N)nc23)C[C@H]1CC. The lowest BCUT2D eigenvalue weighted by molar-refractivity contribution is -0.137. The number of hydrogen-bond donors (Lipinski definition) is 2. The fraction of sp³-hybridized carbons (Fsp3) is 0.462. The number of pyridine rings is 1. The Labute approximate surface area is 214 Å². The zero-order valence-corrected chi connectivity index (χ0v) is 21.1. The summed E-state index contributed by atoms with van der Waals surface area (Å²) in [6.45, 7) is 7.61. The Balaban J connectivity index is 1.71. The molecule has 0 amide bonds. The van der Waals surface area contributed by atoms with Gasteiger partial charge in [-0.1, -0.05) is 32.9 Å². The van der Waals surface area contributed by atoms with E-state index in [1.165, 1.54) is 12.1 Å². The molecule has 0 spiro atoms. The first kappa shape index (κ1) is 26.6. The molecule has 1 saturated heterocycles. The maximum Gasteiger partial charge on any atom is 0.416 e. The van der Waals surface area contributed by atoms with Crippen LogP contribution in [-0.2, 0) is 6.18 Å². The molecule has 1 fully saturated rings. The van der Waals surface area contributed by atoms with Gasteiger partial charge in [0, 0.05) is 31.2 Å². The quantitative estimate of drug-likeness (QED) is 0.335. The fourth-order valence-corrected chi connectivity index (χ4v) is 5.21. The normalized spacial score (nSPS) is 19.6. The van der Waals surface area contributed by atoms with Crippen LogP contribution in [0.5, 0.6) is 0 Å². The molecular weight excluding hydrogens is 481 g/mol. The maximum absolute atomic E-state index is 13.1. The Morgan fingerprint density at radius 1 is 1.03 bits per heavy atom. The molecule has 37 heavy (non-hydrogen) atoms. The number of rotatable bonds is 7. The van der Waals surface area contributed by atoms with Crippen molar-refractivity contribution < 1.29 is 13.2 Å². The summed E-state index contributed by atoms with van der Waals surface area (Å²) < 4.78 is 39.4. The lowest BCUT2D eigenvalue weighted by atomic mass is 9.94. The Hall–Kier alpha value is -3.49. The Morgan fingerprint density at radius 2 is 1.73 bits per heavy atom. The monoisotopic (exact) mass is 512 g/mol. The number of nitrogen functional groups attached to an aromatic ring is 1. The molecule has 4 rings (SSSR count). The van der Waals surface area contributed by atoms with E-state index in [1.54, 1.807) is 24.3 Å². The van der Waals surface area contributed by atoms with Gasteiger partial charge in [-0.05, 0) is 49.1 Å². The van der Waals surface area contributed by atoms with E-state index in [2.05, 4.69) is 57.0 Å². The van der Waals surface area contributed by atoms with Crippen molar-refractivity contribution in [2.75, 3.05) is 23.4 Å². The van der Waals surface area contributed by atoms with Crippen molar-refractivity contribution >= 4 is 22.8 Å². The first-order valence-electron chi connectivity index (χ1n) is 12.5. The summed E-state index contributed by atoms with van der Waals surface area (Å²) >= 11 is 0. The zero-order valence-electron chi connectivity index (χ0n) is 21.1. The third-order valence-corrected chi connectivity index (χ3v) is 7.13. The van der Waals surface area contributed by atoms with Crippen LogP contribution in [-0.4, -0.2) is 45.0 Å². The van der Waals surface area contributed by atoms with E-state index in [1.807, 2.05) is 0 Å². The highest BCUT2D eigenvalue weighted by Crippen LogP contribution is 2.37. The molecule has 3 heterocycles. The minimum atomic E-state index is -4.36. The Morgan fingerprint density at radius 3 is 2.30 bits per heavy atom. The lowest BCUT2D eigenvalue weighted by Crippen LogP contribution is -2.59. The average molecular weight is 513 g/mol. The molecule has 1 aliphatic heterocycles. The van der Waals surface area contributed by atoms with Gasteiger partial charge in [0.05, 0.1) is 11.1 Å². The molecule has 0 aliphatic carbocycles. The van der Waals surface area contributed by atoms with Gasteiger partial charge < -0.3 is 4.90 Å². The second-order valence-electron chi connectivity index (χ2n) is 9.21. The molecule has 1 unspecified atom stereocenters. The Bertz CT molecular complexity index is 1270. The fourth-order valence-electron chi connectivity index (χ4n) is 5.21. The summed E-state index contributed by atoms with van der Waals surface area (Å²) in [4.78, 5) is 18.2. The number of fused-ring (bicyclic) bond motifs is 1. The first-order chi connectivity index (χ1) is 17.7. The number of benzene rings is 1.